The highest BCUT2D eigenvalue weighted by Crippen LogP contribution is 2.26. The molecule has 6 heteroatoms. The maximum Gasteiger partial charge on any atom is 0.262 e. The Balaban J connectivity index is 1.79. The number of H-pyrrole nitrogens is 1. The van der Waals surface area contributed by atoms with Gasteiger partial charge in [0.1, 0.15) is 0 Å². The van der Waals surface area contributed by atoms with E-state index in [2.05, 4.69) is 27.2 Å². The number of aromatic nitrogens is 3. The zero-order valence-electron chi connectivity index (χ0n) is 14.9. The Labute approximate surface area is 161 Å². The maximum absolute atomic E-state index is 12.8. The monoisotopic (exact) mass is 376 g/mol. The van der Waals surface area contributed by atoms with Crippen LogP contribution in [0.1, 0.15) is 11.1 Å². The van der Waals surface area contributed by atoms with Gasteiger partial charge >= 0.3 is 0 Å². The summed E-state index contributed by atoms with van der Waals surface area (Å²) < 4.78 is 0. The van der Waals surface area contributed by atoms with Crippen LogP contribution in [0.25, 0.3) is 22.2 Å². The summed E-state index contributed by atoms with van der Waals surface area (Å²) in [4.78, 5) is 24.3. The van der Waals surface area contributed by atoms with E-state index in [1.54, 1.807) is 24.4 Å². The van der Waals surface area contributed by atoms with Crippen LogP contribution in [0.15, 0.2) is 59.5 Å². The highest BCUT2D eigenvalue weighted by atomic mass is 35.5. The fraction of sp³-hybridized carbons (Fsp3) is 0.0952. The number of hydrogen-bond acceptors (Lipinski definition) is 4. The molecule has 0 radical (unpaired) electrons. The highest BCUT2D eigenvalue weighted by Gasteiger charge is 2.12. The smallest absolute Gasteiger partial charge is 0.262 e. The van der Waals surface area contributed by atoms with Gasteiger partial charge in [-0.25, -0.2) is 4.98 Å². The minimum atomic E-state index is -0.246. The van der Waals surface area contributed by atoms with E-state index in [9.17, 15) is 4.79 Å². The minimum Gasteiger partial charge on any atom is -0.326 e. The molecule has 0 unspecified atom stereocenters. The van der Waals surface area contributed by atoms with Crippen molar-refractivity contribution in [3.8, 4) is 11.1 Å². The molecule has 0 aliphatic heterocycles. The second kappa shape index (κ2) is 6.85. The number of nitrogens with zero attached hydrogens (tertiary/aromatic N) is 2. The number of pyridine rings is 1. The van der Waals surface area contributed by atoms with Crippen LogP contribution in [0.4, 0.5) is 11.6 Å². The number of rotatable bonds is 3. The van der Waals surface area contributed by atoms with Gasteiger partial charge in [0, 0.05) is 16.9 Å². The molecule has 0 aliphatic rings. The minimum absolute atomic E-state index is 0.246. The van der Waals surface area contributed by atoms with E-state index >= 15 is 0 Å². The van der Waals surface area contributed by atoms with Crippen molar-refractivity contribution in [3.05, 3.63) is 81.2 Å². The first-order chi connectivity index (χ1) is 13.0. The summed E-state index contributed by atoms with van der Waals surface area (Å²) in [6.45, 7) is 4.09. The SMILES string of the molecule is Cc1ccc(Nc2nc3nccc(-c4ccc(Cl)cc4)c3c(=O)[nH]2)cc1C. The second-order valence-electron chi connectivity index (χ2n) is 6.40. The second-order valence-corrected chi connectivity index (χ2v) is 6.84. The lowest BCUT2D eigenvalue weighted by Gasteiger charge is -2.10. The van der Waals surface area contributed by atoms with Crippen LogP contribution >= 0.6 is 11.6 Å². The van der Waals surface area contributed by atoms with Gasteiger partial charge in [0.05, 0.1) is 5.39 Å². The van der Waals surface area contributed by atoms with Crippen LogP contribution in [-0.4, -0.2) is 15.0 Å². The van der Waals surface area contributed by atoms with E-state index < -0.39 is 0 Å². The molecule has 134 valence electrons. The van der Waals surface area contributed by atoms with E-state index in [0.29, 0.717) is 22.0 Å². The summed E-state index contributed by atoms with van der Waals surface area (Å²) in [6, 6.07) is 15.1. The quantitative estimate of drug-likeness (QED) is 0.528. The van der Waals surface area contributed by atoms with Crippen molar-refractivity contribution < 1.29 is 0 Å². The fourth-order valence-corrected chi connectivity index (χ4v) is 3.07. The number of aromatic amines is 1. The summed E-state index contributed by atoms with van der Waals surface area (Å²) in [6.07, 6.45) is 1.65. The number of fused-ring (bicyclic) bond motifs is 1. The van der Waals surface area contributed by atoms with Crippen molar-refractivity contribution in [2.24, 2.45) is 0 Å². The zero-order chi connectivity index (χ0) is 19.0. The Morgan fingerprint density at radius 1 is 1.00 bits per heavy atom. The zero-order valence-corrected chi connectivity index (χ0v) is 15.6. The Morgan fingerprint density at radius 3 is 2.52 bits per heavy atom. The molecule has 0 bridgehead atoms. The molecular formula is C21H17ClN4O. The van der Waals surface area contributed by atoms with Gasteiger partial charge in [0.2, 0.25) is 5.95 Å². The van der Waals surface area contributed by atoms with Crippen molar-refractivity contribution >= 4 is 34.3 Å². The average Bonchev–Trinajstić information content (AvgIpc) is 2.65. The van der Waals surface area contributed by atoms with Gasteiger partial charge in [-0.2, -0.15) is 4.98 Å². The molecule has 27 heavy (non-hydrogen) atoms. The normalized spacial score (nSPS) is 10.9. The van der Waals surface area contributed by atoms with Gasteiger partial charge in [0.15, 0.2) is 5.65 Å². The van der Waals surface area contributed by atoms with E-state index in [1.165, 1.54) is 5.56 Å². The lowest BCUT2D eigenvalue weighted by atomic mass is 10.0. The number of halogens is 1. The van der Waals surface area contributed by atoms with Gasteiger partial charge in [-0.15, -0.1) is 0 Å². The molecule has 0 amide bonds. The van der Waals surface area contributed by atoms with Crippen LogP contribution in [0, 0.1) is 13.8 Å². The summed E-state index contributed by atoms with van der Waals surface area (Å²) in [5, 5.41) is 4.24. The topological polar surface area (TPSA) is 70.7 Å². The molecule has 2 N–H and O–H groups in total. The predicted molar refractivity (Wildman–Crippen MR) is 110 cm³/mol. The Bertz CT molecular complexity index is 1200. The first-order valence-corrected chi connectivity index (χ1v) is 8.88. The molecule has 2 heterocycles. The van der Waals surface area contributed by atoms with E-state index in [-0.39, 0.29) is 5.56 Å². The summed E-state index contributed by atoms with van der Waals surface area (Å²) in [5.74, 6) is 0.358. The third kappa shape index (κ3) is 3.41. The third-order valence-electron chi connectivity index (χ3n) is 4.53. The molecule has 0 atom stereocenters. The van der Waals surface area contributed by atoms with Crippen LogP contribution in [0.2, 0.25) is 5.02 Å². The summed E-state index contributed by atoms with van der Waals surface area (Å²) in [5.41, 5.74) is 5.01. The lowest BCUT2D eigenvalue weighted by Crippen LogP contribution is -2.13. The number of benzene rings is 2. The average molecular weight is 377 g/mol. The first-order valence-electron chi connectivity index (χ1n) is 8.50. The molecule has 2 aromatic carbocycles. The van der Waals surface area contributed by atoms with Gasteiger partial charge in [-0.3, -0.25) is 9.78 Å². The van der Waals surface area contributed by atoms with E-state index in [0.717, 1.165) is 22.4 Å². The van der Waals surface area contributed by atoms with Gasteiger partial charge in [-0.05, 0) is 66.4 Å². The van der Waals surface area contributed by atoms with E-state index in [4.69, 9.17) is 11.6 Å². The van der Waals surface area contributed by atoms with Crippen LogP contribution in [0.5, 0.6) is 0 Å². The number of aryl methyl sites for hydroxylation is 2. The van der Waals surface area contributed by atoms with Crippen LogP contribution < -0.4 is 10.9 Å². The van der Waals surface area contributed by atoms with Crippen molar-refractivity contribution in [2.75, 3.05) is 5.32 Å². The molecule has 5 nitrogen and oxygen atoms in total. The molecule has 4 aromatic rings. The van der Waals surface area contributed by atoms with Crippen molar-refractivity contribution in [1.82, 2.24) is 15.0 Å². The van der Waals surface area contributed by atoms with Gasteiger partial charge in [-0.1, -0.05) is 29.8 Å². The molecule has 4 rings (SSSR count). The van der Waals surface area contributed by atoms with Crippen molar-refractivity contribution in [3.63, 3.8) is 0 Å². The number of nitrogens with one attached hydrogen (secondary N) is 2. The largest absolute Gasteiger partial charge is 0.326 e. The Hall–Kier alpha value is -3.18. The van der Waals surface area contributed by atoms with Crippen molar-refractivity contribution in [2.45, 2.75) is 13.8 Å². The van der Waals surface area contributed by atoms with Crippen LogP contribution in [-0.2, 0) is 0 Å². The van der Waals surface area contributed by atoms with Crippen molar-refractivity contribution in [1.29, 1.82) is 0 Å². The predicted octanol–water partition coefficient (Wildman–Crippen LogP) is 5.00. The molecule has 2 aromatic heterocycles. The first kappa shape index (κ1) is 17.2. The maximum atomic E-state index is 12.8. The van der Waals surface area contributed by atoms with Gasteiger partial charge < -0.3 is 5.32 Å². The summed E-state index contributed by atoms with van der Waals surface area (Å²) >= 11 is 5.97. The fourth-order valence-electron chi connectivity index (χ4n) is 2.95. The third-order valence-corrected chi connectivity index (χ3v) is 4.78. The molecule has 0 fully saturated rings. The molecule has 0 aliphatic carbocycles. The number of anilines is 2. The standard InChI is InChI=1S/C21H17ClN4O/c1-12-3-8-16(11-13(12)2)24-21-25-19-18(20(27)26-21)17(9-10-23-19)14-4-6-15(22)7-5-14/h3-11H,1-2H3,(H2,23,24,25,26,27). The lowest BCUT2D eigenvalue weighted by molar-refractivity contribution is 1.14. The molecule has 0 saturated carbocycles. The number of hydrogen-bond donors (Lipinski definition) is 2. The molecule has 0 saturated heterocycles. The Morgan fingerprint density at radius 2 is 1.78 bits per heavy atom. The van der Waals surface area contributed by atoms with Crippen LogP contribution in [0.3, 0.4) is 0 Å². The van der Waals surface area contributed by atoms with Gasteiger partial charge in [0.25, 0.3) is 5.56 Å². The molecular weight excluding hydrogens is 360 g/mol. The highest BCUT2D eigenvalue weighted by molar-refractivity contribution is 6.30. The summed E-state index contributed by atoms with van der Waals surface area (Å²) in [7, 11) is 0. The molecule has 0 spiro atoms. The van der Waals surface area contributed by atoms with E-state index in [1.807, 2.05) is 37.3 Å². The Kier molecular flexibility index (Phi) is 4.38.